The summed E-state index contributed by atoms with van der Waals surface area (Å²) in [6.07, 6.45) is 7.54. The van der Waals surface area contributed by atoms with Gasteiger partial charge in [-0.2, -0.15) is 0 Å². The number of hydrogen-bond donors (Lipinski definition) is 2. The summed E-state index contributed by atoms with van der Waals surface area (Å²) in [5.74, 6) is 2.48. The molecule has 2 N–H and O–H groups in total. The summed E-state index contributed by atoms with van der Waals surface area (Å²) in [4.78, 5) is 15.1. The third-order valence-electron chi connectivity index (χ3n) is 2.84. The van der Waals surface area contributed by atoms with Gasteiger partial charge in [0.15, 0.2) is 0 Å². The third kappa shape index (κ3) is 2.54. The van der Waals surface area contributed by atoms with Crippen molar-refractivity contribution < 1.29 is 4.79 Å². The molecule has 92 valence electrons. The maximum Gasteiger partial charge on any atom is 0.225 e. The van der Waals surface area contributed by atoms with E-state index >= 15 is 0 Å². The van der Waals surface area contributed by atoms with Crippen LogP contribution in [-0.4, -0.2) is 16.4 Å². The molecule has 0 aliphatic carbocycles. The third-order valence-corrected chi connectivity index (χ3v) is 2.84. The molecule has 1 aromatic carbocycles. The van der Waals surface area contributed by atoms with Gasteiger partial charge in [-0.25, -0.2) is 0 Å². The second-order valence-electron chi connectivity index (χ2n) is 4.85. The smallest absolute Gasteiger partial charge is 0.225 e. The molecule has 0 aliphatic rings. The van der Waals surface area contributed by atoms with Crippen LogP contribution in [-0.2, 0) is 11.2 Å². The lowest BCUT2D eigenvalue weighted by molar-refractivity contribution is -0.121. The Balaban J connectivity index is 2.15. The fourth-order valence-corrected chi connectivity index (χ4v) is 1.88. The van der Waals surface area contributed by atoms with Crippen molar-refractivity contribution in [3.8, 4) is 12.3 Å². The summed E-state index contributed by atoms with van der Waals surface area (Å²) in [5, 5.41) is 3.90. The van der Waals surface area contributed by atoms with Gasteiger partial charge < -0.3 is 10.3 Å². The maximum atomic E-state index is 11.9. The fourth-order valence-electron chi connectivity index (χ4n) is 1.88. The first kappa shape index (κ1) is 12.3. The van der Waals surface area contributed by atoms with Crippen LogP contribution in [0.1, 0.15) is 19.4 Å². The Hall–Kier alpha value is -2.21. The molecular weight excluding hydrogens is 224 g/mol. The molecule has 1 aromatic heterocycles. The van der Waals surface area contributed by atoms with Crippen molar-refractivity contribution in [2.75, 3.05) is 0 Å². The standard InChI is InChI=1S/C15H16N2O/c1-4-15(2,3)17-14(18)9-11-10-16-13-8-6-5-7-12(11)13/h1,5-8,10,16H,9H2,2-3H3,(H,17,18). The van der Waals surface area contributed by atoms with E-state index in [1.807, 2.05) is 30.5 Å². The van der Waals surface area contributed by atoms with Crippen molar-refractivity contribution in [3.63, 3.8) is 0 Å². The number of aromatic nitrogens is 1. The molecule has 0 fully saturated rings. The van der Waals surface area contributed by atoms with E-state index in [2.05, 4.69) is 16.2 Å². The summed E-state index contributed by atoms with van der Waals surface area (Å²) in [6, 6.07) is 7.91. The van der Waals surface area contributed by atoms with E-state index in [-0.39, 0.29) is 5.91 Å². The molecule has 0 saturated carbocycles. The fraction of sp³-hybridized carbons (Fsp3) is 0.267. The molecule has 0 unspecified atom stereocenters. The highest BCUT2D eigenvalue weighted by molar-refractivity contribution is 5.89. The molecule has 0 bridgehead atoms. The quantitative estimate of drug-likeness (QED) is 0.794. The molecular formula is C15H16N2O. The number of carbonyl (C=O) groups is 1. The van der Waals surface area contributed by atoms with E-state index in [1.165, 1.54) is 0 Å². The summed E-state index contributed by atoms with van der Waals surface area (Å²) < 4.78 is 0. The summed E-state index contributed by atoms with van der Waals surface area (Å²) >= 11 is 0. The predicted octanol–water partition coefficient (Wildman–Crippen LogP) is 2.24. The van der Waals surface area contributed by atoms with Gasteiger partial charge in [-0.15, -0.1) is 6.42 Å². The molecule has 0 aliphatic heterocycles. The topological polar surface area (TPSA) is 44.9 Å². The average Bonchev–Trinajstić information content (AvgIpc) is 2.72. The second-order valence-corrected chi connectivity index (χ2v) is 4.85. The highest BCUT2D eigenvalue weighted by Crippen LogP contribution is 2.18. The number of para-hydroxylation sites is 1. The second kappa shape index (κ2) is 4.58. The highest BCUT2D eigenvalue weighted by atomic mass is 16.1. The normalized spacial score (nSPS) is 11.2. The Kier molecular flexibility index (Phi) is 3.12. The van der Waals surface area contributed by atoms with Gasteiger partial charge in [0.1, 0.15) is 0 Å². The van der Waals surface area contributed by atoms with E-state index < -0.39 is 5.54 Å². The van der Waals surface area contributed by atoms with Crippen LogP contribution < -0.4 is 5.32 Å². The first-order chi connectivity index (χ1) is 8.52. The average molecular weight is 240 g/mol. The van der Waals surface area contributed by atoms with Crippen molar-refractivity contribution in [1.29, 1.82) is 0 Å². The monoisotopic (exact) mass is 240 g/mol. The van der Waals surface area contributed by atoms with Crippen LogP contribution in [0.4, 0.5) is 0 Å². The van der Waals surface area contributed by atoms with Gasteiger partial charge in [0.25, 0.3) is 0 Å². The molecule has 0 spiro atoms. The Bertz CT molecular complexity index is 617. The van der Waals surface area contributed by atoms with Gasteiger partial charge in [-0.1, -0.05) is 24.1 Å². The van der Waals surface area contributed by atoms with Gasteiger partial charge in [-0.3, -0.25) is 4.79 Å². The zero-order chi connectivity index (χ0) is 13.2. The number of carbonyl (C=O) groups excluding carboxylic acids is 1. The number of terminal acetylenes is 1. The van der Waals surface area contributed by atoms with Gasteiger partial charge in [-0.05, 0) is 25.5 Å². The Morgan fingerprint density at radius 2 is 2.17 bits per heavy atom. The molecule has 2 rings (SSSR count). The number of nitrogens with one attached hydrogen (secondary N) is 2. The lowest BCUT2D eigenvalue weighted by Gasteiger charge is -2.19. The first-order valence-electron chi connectivity index (χ1n) is 5.85. The van der Waals surface area contributed by atoms with Crippen LogP contribution in [0.2, 0.25) is 0 Å². The van der Waals surface area contributed by atoms with Crippen LogP contribution in [0.5, 0.6) is 0 Å². The molecule has 2 aromatic rings. The van der Waals surface area contributed by atoms with Crippen LogP contribution >= 0.6 is 0 Å². The molecule has 1 amide bonds. The SMILES string of the molecule is C#CC(C)(C)NC(=O)Cc1c[nH]c2ccccc12. The van der Waals surface area contributed by atoms with Gasteiger partial charge >= 0.3 is 0 Å². The van der Waals surface area contributed by atoms with E-state index in [0.29, 0.717) is 6.42 Å². The number of fused-ring (bicyclic) bond motifs is 1. The van der Waals surface area contributed by atoms with Gasteiger partial charge in [0.05, 0.1) is 12.0 Å². The van der Waals surface area contributed by atoms with Crippen molar-refractivity contribution >= 4 is 16.8 Å². The van der Waals surface area contributed by atoms with Crippen LogP contribution in [0.25, 0.3) is 10.9 Å². The minimum absolute atomic E-state index is 0.0669. The number of amides is 1. The molecule has 0 atom stereocenters. The number of hydrogen-bond acceptors (Lipinski definition) is 1. The summed E-state index contributed by atoms with van der Waals surface area (Å²) in [5.41, 5.74) is 1.41. The first-order valence-corrected chi connectivity index (χ1v) is 5.85. The maximum absolute atomic E-state index is 11.9. The van der Waals surface area contributed by atoms with Crippen molar-refractivity contribution in [3.05, 3.63) is 36.0 Å². The molecule has 18 heavy (non-hydrogen) atoms. The van der Waals surface area contributed by atoms with E-state index in [4.69, 9.17) is 6.42 Å². The summed E-state index contributed by atoms with van der Waals surface area (Å²) in [7, 11) is 0. The van der Waals surface area contributed by atoms with Crippen LogP contribution in [0.3, 0.4) is 0 Å². The summed E-state index contributed by atoms with van der Waals surface area (Å²) in [6.45, 7) is 3.61. The van der Waals surface area contributed by atoms with Crippen molar-refractivity contribution in [2.24, 2.45) is 0 Å². The predicted molar refractivity (Wildman–Crippen MR) is 73.1 cm³/mol. The van der Waals surface area contributed by atoms with E-state index in [0.717, 1.165) is 16.5 Å². The Labute approximate surface area is 107 Å². The van der Waals surface area contributed by atoms with Crippen molar-refractivity contribution in [1.82, 2.24) is 10.3 Å². The van der Waals surface area contributed by atoms with Gasteiger partial charge in [0, 0.05) is 17.1 Å². The highest BCUT2D eigenvalue weighted by Gasteiger charge is 2.17. The minimum atomic E-state index is -0.608. The lowest BCUT2D eigenvalue weighted by atomic mass is 10.1. The van der Waals surface area contributed by atoms with E-state index in [1.54, 1.807) is 13.8 Å². The molecule has 3 heteroatoms. The molecule has 0 saturated heterocycles. The minimum Gasteiger partial charge on any atom is -0.361 e. The van der Waals surface area contributed by atoms with Crippen molar-refractivity contribution in [2.45, 2.75) is 25.8 Å². The number of rotatable bonds is 3. The zero-order valence-electron chi connectivity index (χ0n) is 10.6. The Morgan fingerprint density at radius 1 is 1.44 bits per heavy atom. The number of benzene rings is 1. The Morgan fingerprint density at radius 3 is 2.89 bits per heavy atom. The van der Waals surface area contributed by atoms with Crippen LogP contribution in [0, 0.1) is 12.3 Å². The zero-order valence-corrected chi connectivity index (χ0v) is 10.6. The van der Waals surface area contributed by atoms with E-state index in [9.17, 15) is 4.79 Å². The molecule has 0 radical (unpaired) electrons. The number of H-pyrrole nitrogens is 1. The largest absolute Gasteiger partial charge is 0.361 e. The molecule has 3 nitrogen and oxygen atoms in total. The lowest BCUT2D eigenvalue weighted by Crippen LogP contribution is -2.42. The van der Waals surface area contributed by atoms with Gasteiger partial charge in [0.2, 0.25) is 5.91 Å². The number of aromatic amines is 1. The van der Waals surface area contributed by atoms with Crippen LogP contribution in [0.15, 0.2) is 30.5 Å². The molecule has 1 heterocycles.